The van der Waals surface area contributed by atoms with Gasteiger partial charge < -0.3 is 10.4 Å². The molecule has 1 fully saturated rings. The van der Waals surface area contributed by atoms with Gasteiger partial charge in [-0.1, -0.05) is 19.1 Å². The van der Waals surface area contributed by atoms with Crippen LogP contribution in [0.2, 0.25) is 0 Å². The minimum atomic E-state index is -3.49. The van der Waals surface area contributed by atoms with Crippen molar-refractivity contribution in [2.75, 3.05) is 32.7 Å². The van der Waals surface area contributed by atoms with Crippen LogP contribution >= 0.6 is 0 Å². The zero-order chi connectivity index (χ0) is 15.5. The van der Waals surface area contributed by atoms with Gasteiger partial charge in [0, 0.05) is 38.8 Å². The van der Waals surface area contributed by atoms with E-state index in [1.807, 2.05) is 19.9 Å². The number of rotatable bonds is 5. The molecule has 0 radical (unpaired) electrons. The summed E-state index contributed by atoms with van der Waals surface area (Å²) < 4.78 is 28.6. The van der Waals surface area contributed by atoms with Crippen LogP contribution in [0, 0.1) is 0 Å². The van der Waals surface area contributed by atoms with Crippen LogP contribution in [0.3, 0.4) is 0 Å². The van der Waals surface area contributed by atoms with E-state index in [0.29, 0.717) is 32.7 Å². The lowest BCUT2D eigenvalue weighted by atomic mass is 10.1. The Kier molecular flexibility index (Phi) is 5.21. The molecule has 1 aromatic carbocycles. The Balaban J connectivity index is 2.25. The number of nitrogens with zero attached hydrogens (tertiary/aromatic N) is 2. The van der Waals surface area contributed by atoms with Crippen molar-refractivity contribution < 1.29 is 13.5 Å². The van der Waals surface area contributed by atoms with Crippen molar-refractivity contribution in [2.45, 2.75) is 19.9 Å². The largest absolute Gasteiger partial charge is 0.508 e. The zero-order valence-electron chi connectivity index (χ0n) is 12.5. The van der Waals surface area contributed by atoms with E-state index in [9.17, 15) is 13.5 Å². The molecule has 0 amide bonds. The molecule has 7 heteroatoms. The van der Waals surface area contributed by atoms with E-state index in [2.05, 4.69) is 5.32 Å². The standard InChI is InChI=1S/C14H23N3O3S/c1-3-17(12(2)13-5-4-6-14(18)11-13)21(19,20)16-9-7-15-8-10-16/h4-6,11-12,15,18H,3,7-10H2,1-2H3. The minimum Gasteiger partial charge on any atom is -0.508 e. The zero-order valence-corrected chi connectivity index (χ0v) is 13.3. The van der Waals surface area contributed by atoms with Crippen LogP contribution < -0.4 is 5.32 Å². The summed E-state index contributed by atoms with van der Waals surface area (Å²) in [7, 11) is -3.49. The number of aromatic hydroxyl groups is 1. The Labute approximate surface area is 126 Å². The van der Waals surface area contributed by atoms with Crippen LogP contribution in [0.25, 0.3) is 0 Å². The van der Waals surface area contributed by atoms with Crippen LogP contribution in [0.15, 0.2) is 24.3 Å². The molecule has 0 spiro atoms. The van der Waals surface area contributed by atoms with E-state index in [1.165, 1.54) is 8.61 Å². The van der Waals surface area contributed by atoms with Crippen molar-refractivity contribution >= 4 is 10.2 Å². The highest BCUT2D eigenvalue weighted by Crippen LogP contribution is 2.27. The molecule has 1 unspecified atom stereocenters. The summed E-state index contributed by atoms with van der Waals surface area (Å²) in [6, 6.07) is 6.44. The number of nitrogens with one attached hydrogen (secondary N) is 1. The Morgan fingerprint density at radius 1 is 1.38 bits per heavy atom. The van der Waals surface area contributed by atoms with Gasteiger partial charge in [-0.3, -0.25) is 0 Å². The number of phenols is 1. The summed E-state index contributed by atoms with van der Waals surface area (Å²) in [5.41, 5.74) is 0.788. The Bertz CT molecular complexity index is 571. The second-order valence-corrected chi connectivity index (χ2v) is 7.01. The maximum absolute atomic E-state index is 12.8. The lowest BCUT2D eigenvalue weighted by Gasteiger charge is -2.35. The van der Waals surface area contributed by atoms with Crippen LogP contribution in [0.1, 0.15) is 25.5 Å². The fourth-order valence-corrected chi connectivity index (χ4v) is 4.40. The number of benzene rings is 1. The third kappa shape index (κ3) is 3.55. The van der Waals surface area contributed by atoms with Crippen molar-refractivity contribution in [2.24, 2.45) is 0 Å². The van der Waals surface area contributed by atoms with E-state index in [-0.39, 0.29) is 11.8 Å². The van der Waals surface area contributed by atoms with Gasteiger partial charge >= 0.3 is 0 Å². The molecule has 118 valence electrons. The molecule has 1 aliphatic rings. The van der Waals surface area contributed by atoms with Crippen molar-refractivity contribution in [3.05, 3.63) is 29.8 Å². The van der Waals surface area contributed by atoms with Crippen molar-refractivity contribution in [1.29, 1.82) is 0 Å². The monoisotopic (exact) mass is 313 g/mol. The first-order chi connectivity index (χ1) is 9.96. The topological polar surface area (TPSA) is 72.9 Å². The molecule has 1 atom stereocenters. The fourth-order valence-electron chi connectivity index (χ4n) is 2.61. The van der Waals surface area contributed by atoms with Crippen molar-refractivity contribution in [3.63, 3.8) is 0 Å². The molecular weight excluding hydrogens is 290 g/mol. The molecule has 0 aliphatic carbocycles. The normalized spacial score (nSPS) is 18.8. The van der Waals surface area contributed by atoms with Gasteiger partial charge in [0.05, 0.1) is 0 Å². The summed E-state index contributed by atoms with van der Waals surface area (Å²) in [6.07, 6.45) is 0. The highest BCUT2D eigenvalue weighted by Gasteiger charge is 2.33. The first-order valence-corrected chi connectivity index (χ1v) is 8.63. The highest BCUT2D eigenvalue weighted by atomic mass is 32.2. The Morgan fingerprint density at radius 3 is 2.62 bits per heavy atom. The van der Waals surface area contributed by atoms with Crippen LogP contribution in [0.4, 0.5) is 0 Å². The van der Waals surface area contributed by atoms with Gasteiger partial charge in [0.15, 0.2) is 0 Å². The smallest absolute Gasteiger partial charge is 0.282 e. The molecule has 2 N–H and O–H groups in total. The SMILES string of the molecule is CCN(C(C)c1cccc(O)c1)S(=O)(=O)N1CCNCC1. The second-order valence-electron chi connectivity index (χ2n) is 5.13. The highest BCUT2D eigenvalue weighted by molar-refractivity contribution is 7.86. The third-order valence-corrected chi connectivity index (χ3v) is 5.98. The fraction of sp³-hybridized carbons (Fsp3) is 0.571. The predicted molar refractivity (Wildman–Crippen MR) is 82.3 cm³/mol. The van der Waals surface area contributed by atoms with Crippen molar-refractivity contribution in [1.82, 2.24) is 13.9 Å². The van der Waals surface area contributed by atoms with Crippen LogP contribution in [-0.2, 0) is 10.2 Å². The molecule has 1 heterocycles. The first kappa shape index (κ1) is 16.2. The van der Waals surface area contributed by atoms with Gasteiger partial charge in [0.1, 0.15) is 5.75 Å². The molecule has 1 saturated heterocycles. The van der Waals surface area contributed by atoms with Gasteiger partial charge in [-0.15, -0.1) is 0 Å². The third-order valence-electron chi connectivity index (χ3n) is 3.79. The molecule has 0 aromatic heterocycles. The van der Waals surface area contributed by atoms with Gasteiger partial charge in [-0.2, -0.15) is 17.0 Å². The summed E-state index contributed by atoms with van der Waals surface area (Å²) in [4.78, 5) is 0. The summed E-state index contributed by atoms with van der Waals surface area (Å²) >= 11 is 0. The Hall–Kier alpha value is -1.15. The van der Waals surface area contributed by atoms with E-state index < -0.39 is 10.2 Å². The van der Waals surface area contributed by atoms with E-state index in [0.717, 1.165) is 5.56 Å². The first-order valence-electron chi connectivity index (χ1n) is 7.23. The lowest BCUT2D eigenvalue weighted by Crippen LogP contribution is -2.52. The molecule has 1 aromatic rings. The van der Waals surface area contributed by atoms with Gasteiger partial charge in [-0.05, 0) is 24.6 Å². The van der Waals surface area contributed by atoms with E-state index >= 15 is 0 Å². The average molecular weight is 313 g/mol. The number of piperazine rings is 1. The van der Waals surface area contributed by atoms with Gasteiger partial charge in [-0.25, -0.2) is 0 Å². The molecule has 0 bridgehead atoms. The average Bonchev–Trinajstić information content (AvgIpc) is 2.48. The quantitative estimate of drug-likeness (QED) is 0.848. The molecule has 2 rings (SSSR count). The molecule has 1 aliphatic heterocycles. The van der Waals surface area contributed by atoms with Crippen molar-refractivity contribution in [3.8, 4) is 5.75 Å². The summed E-state index contributed by atoms with van der Waals surface area (Å²) in [5.74, 6) is 0.148. The molecule has 6 nitrogen and oxygen atoms in total. The van der Waals surface area contributed by atoms with Crippen LogP contribution in [-0.4, -0.2) is 54.9 Å². The number of hydrogen-bond donors (Lipinski definition) is 2. The lowest BCUT2D eigenvalue weighted by molar-refractivity contribution is 0.287. The number of phenolic OH excluding ortho intramolecular Hbond substituents is 1. The van der Waals surface area contributed by atoms with Gasteiger partial charge in [0.25, 0.3) is 10.2 Å². The minimum absolute atomic E-state index is 0.148. The van der Waals surface area contributed by atoms with Crippen LogP contribution in [0.5, 0.6) is 5.75 Å². The number of hydrogen-bond acceptors (Lipinski definition) is 4. The summed E-state index contributed by atoms with van der Waals surface area (Å²) in [6.45, 7) is 6.41. The second kappa shape index (κ2) is 6.74. The maximum Gasteiger partial charge on any atom is 0.282 e. The summed E-state index contributed by atoms with van der Waals surface area (Å²) in [5, 5.41) is 12.7. The molecule has 0 saturated carbocycles. The molecular formula is C14H23N3O3S. The Morgan fingerprint density at radius 2 is 2.05 bits per heavy atom. The van der Waals surface area contributed by atoms with E-state index in [1.54, 1.807) is 18.2 Å². The molecule has 21 heavy (non-hydrogen) atoms. The maximum atomic E-state index is 12.8. The van der Waals surface area contributed by atoms with E-state index in [4.69, 9.17) is 0 Å². The van der Waals surface area contributed by atoms with Gasteiger partial charge in [0.2, 0.25) is 0 Å². The predicted octanol–water partition coefficient (Wildman–Crippen LogP) is 0.925.